The maximum absolute atomic E-state index is 12.0. The minimum atomic E-state index is -0.938. The van der Waals surface area contributed by atoms with E-state index in [2.05, 4.69) is 26.0 Å². The van der Waals surface area contributed by atoms with E-state index in [4.69, 9.17) is 9.84 Å². The summed E-state index contributed by atoms with van der Waals surface area (Å²) in [5.74, 6) is 1.87. The molecule has 3 saturated carbocycles. The first kappa shape index (κ1) is 19.0. The number of aliphatic carboxylic acids is 1. The summed E-state index contributed by atoms with van der Waals surface area (Å²) in [6.45, 7) is 4.99. The Morgan fingerprint density at radius 1 is 1.07 bits per heavy atom. The van der Waals surface area contributed by atoms with Crippen LogP contribution in [0.15, 0.2) is 12.2 Å². The van der Waals surface area contributed by atoms with E-state index in [9.17, 15) is 9.59 Å². The predicted molar refractivity (Wildman–Crippen MR) is 103 cm³/mol. The largest absolute Gasteiger partial charge is 0.481 e. The first-order valence-electron chi connectivity index (χ1n) is 10.9. The van der Waals surface area contributed by atoms with Gasteiger partial charge in [0.25, 0.3) is 0 Å². The first-order valence-corrected chi connectivity index (χ1v) is 10.9. The summed E-state index contributed by atoms with van der Waals surface area (Å²) in [6.07, 6.45) is 14.3. The van der Waals surface area contributed by atoms with Crippen molar-refractivity contribution in [3.05, 3.63) is 12.2 Å². The lowest BCUT2D eigenvalue weighted by Crippen LogP contribution is -2.53. The number of hydrogen-bond donors (Lipinski definition) is 1. The molecule has 4 rings (SSSR count). The van der Waals surface area contributed by atoms with Crippen molar-refractivity contribution in [1.82, 2.24) is 0 Å². The van der Waals surface area contributed by atoms with Crippen LogP contribution in [0, 0.1) is 34.5 Å². The quantitative estimate of drug-likeness (QED) is 0.557. The van der Waals surface area contributed by atoms with Crippen LogP contribution in [0.5, 0.6) is 0 Å². The van der Waals surface area contributed by atoms with Crippen molar-refractivity contribution in [2.45, 2.75) is 84.2 Å². The fraction of sp³-hybridized carbons (Fsp3) is 0.826. The Kier molecular flexibility index (Phi) is 4.88. The third kappa shape index (κ3) is 3.34. The second-order valence-corrected chi connectivity index (χ2v) is 10.1. The SMILES string of the molecule is C[C@]12CC[C@@H](OC(=O)CCC(=O)O)C[C@H]1CC[C@@H]1[C@@H]2CC[C@]2(C)C=CC[C@@H]12. The molecule has 0 amide bonds. The number of hydrogen-bond acceptors (Lipinski definition) is 3. The van der Waals surface area contributed by atoms with Gasteiger partial charge in [-0.2, -0.15) is 0 Å². The molecule has 0 bridgehead atoms. The molecule has 0 heterocycles. The fourth-order valence-corrected chi connectivity index (χ4v) is 7.26. The van der Waals surface area contributed by atoms with E-state index < -0.39 is 5.97 Å². The zero-order valence-electron chi connectivity index (χ0n) is 16.8. The van der Waals surface area contributed by atoms with Gasteiger partial charge in [0.1, 0.15) is 6.10 Å². The van der Waals surface area contributed by atoms with Crippen molar-refractivity contribution >= 4 is 11.9 Å². The van der Waals surface area contributed by atoms with Gasteiger partial charge in [-0.15, -0.1) is 0 Å². The van der Waals surface area contributed by atoms with Gasteiger partial charge >= 0.3 is 11.9 Å². The number of ether oxygens (including phenoxy) is 1. The lowest BCUT2D eigenvalue weighted by Gasteiger charge is -2.60. The summed E-state index contributed by atoms with van der Waals surface area (Å²) in [5, 5.41) is 8.74. The summed E-state index contributed by atoms with van der Waals surface area (Å²) in [4.78, 5) is 22.6. The molecule has 0 unspecified atom stereocenters. The third-order valence-electron chi connectivity index (χ3n) is 8.78. The molecule has 0 saturated heterocycles. The van der Waals surface area contributed by atoms with E-state index in [0.717, 1.165) is 37.0 Å². The zero-order valence-corrected chi connectivity index (χ0v) is 16.8. The second kappa shape index (κ2) is 6.93. The van der Waals surface area contributed by atoms with Crippen molar-refractivity contribution in [3.63, 3.8) is 0 Å². The van der Waals surface area contributed by atoms with E-state index in [1.165, 1.54) is 32.1 Å². The maximum Gasteiger partial charge on any atom is 0.306 e. The summed E-state index contributed by atoms with van der Waals surface area (Å²) in [5.41, 5.74) is 0.818. The second-order valence-electron chi connectivity index (χ2n) is 10.1. The molecule has 0 aromatic rings. The van der Waals surface area contributed by atoms with Gasteiger partial charge in [-0.05, 0) is 85.9 Å². The average molecular weight is 375 g/mol. The van der Waals surface area contributed by atoms with E-state index in [1.54, 1.807) is 0 Å². The van der Waals surface area contributed by atoms with Crippen LogP contribution in [0.25, 0.3) is 0 Å². The fourth-order valence-electron chi connectivity index (χ4n) is 7.26. The van der Waals surface area contributed by atoms with E-state index >= 15 is 0 Å². The van der Waals surface area contributed by atoms with Gasteiger partial charge in [-0.1, -0.05) is 26.0 Å². The topological polar surface area (TPSA) is 63.6 Å². The molecule has 27 heavy (non-hydrogen) atoms. The van der Waals surface area contributed by atoms with Crippen molar-refractivity contribution in [1.29, 1.82) is 0 Å². The van der Waals surface area contributed by atoms with Gasteiger partial charge in [-0.3, -0.25) is 9.59 Å². The highest BCUT2D eigenvalue weighted by Crippen LogP contribution is 2.65. The van der Waals surface area contributed by atoms with Crippen molar-refractivity contribution in [2.75, 3.05) is 0 Å². The Balaban J connectivity index is 1.40. The molecular formula is C23H34O4. The van der Waals surface area contributed by atoms with Crippen molar-refractivity contribution < 1.29 is 19.4 Å². The van der Waals surface area contributed by atoms with Crippen LogP contribution in [-0.4, -0.2) is 23.1 Å². The molecule has 0 radical (unpaired) electrons. The highest BCUT2D eigenvalue weighted by atomic mass is 16.5. The van der Waals surface area contributed by atoms with E-state index in [1.807, 2.05) is 0 Å². The maximum atomic E-state index is 12.0. The average Bonchev–Trinajstić information content (AvgIpc) is 3.02. The molecule has 0 aliphatic heterocycles. The number of allylic oxidation sites excluding steroid dienone is 2. The lowest BCUT2D eigenvalue weighted by atomic mass is 9.45. The highest BCUT2D eigenvalue weighted by Gasteiger charge is 2.57. The van der Waals surface area contributed by atoms with Gasteiger partial charge < -0.3 is 9.84 Å². The zero-order chi connectivity index (χ0) is 19.2. The molecular weight excluding hydrogens is 340 g/mol. The van der Waals surface area contributed by atoms with Crippen LogP contribution < -0.4 is 0 Å². The van der Waals surface area contributed by atoms with E-state index in [0.29, 0.717) is 16.7 Å². The predicted octanol–water partition coefficient (Wildman–Crippen LogP) is 4.97. The monoisotopic (exact) mass is 374 g/mol. The molecule has 4 heteroatoms. The number of rotatable bonds is 4. The lowest BCUT2D eigenvalue weighted by molar-refractivity contribution is -0.162. The van der Waals surface area contributed by atoms with Gasteiger partial charge in [0.15, 0.2) is 0 Å². The third-order valence-corrected chi connectivity index (χ3v) is 8.78. The van der Waals surface area contributed by atoms with Gasteiger partial charge in [0, 0.05) is 0 Å². The number of fused-ring (bicyclic) bond motifs is 5. The number of carbonyl (C=O) groups is 2. The molecule has 150 valence electrons. The van der Waals surface area contributed by atoms with Crippen LogP contribution in [0.2, 0.25) is 0 Å². The van der Waals surface area contributed by atoms with Crippen LogP contribution in [-0.2, 0) is 14.3 Å². The number of carboxylic acid groups (broad SMARTS) is 1. The summed E-state index contributed by atoms with van der Waals surface area (Å²) in [6, 6.07) is 0. The van der Waals surface area contributed by atoms with Crippen LogP contribution in [0.4, 0.5) is 0 Å². The molecule has 0 spiro atoms. The standard InChI is InChI=1S/C23H34O4/c1-22-11-3-4-18(22)17-6-5-15-14-16(27-21(26)8-7-20(24)25)9-13-23(15,2)19(17)10-12-22/h3,11,15-19H,4-10,12-14H2,1-2H3,(H,24,25)/t15-,16-,17+,18+,19+,22+,23+/m1/s1. The summed E-state index contributed by atoms with van der Waals surface area (Å²) >= 11 is 0. The Bertz CT molecular complexity index is 640. The smallest absolute Gasteiger partial charge is 0.306 e. The highest BCUT2D eigenvalue weighted by molar-refractivity contribution is 5.76. The molecule has 4 aliphatic rings. The molecule has 7 atom stereocenters. The molecule has 4 nitrogen and oxygen atoms in total. The Morgan fingerprint density at radius 2 is 1.89 bits per heavy atom. The minimum absolute atomic E-state index is 0.00820. The van der Waals surface area contributed by atoms with Crippen molar-refractivity contribution in [3.8, 4) is 0 Å². The molecule has 0 aromatic carbocycles. The summed E-state index contributed by atoms with van der Waals surface area (Å²) < 4.78 is 5.64. The molecule has 3 fully saturated rings. The van der Waals surface area contributed by atoms with Gasteiger partial charge in [0.2, 0.25) is 0 Å². The van der Waals surface area contributed by atoms with Crippen molar-refractivity contribution in [2.24, 2.45) is 34.5 Å². The van der Waals surface area contributed by atoms with Crippen LogP contribution in [0.1, 0.15) is 78.1 Å². The van der Waals surface area contributed by atoms with Gasteiger partial charge in [-0.25, -0.2) is 0 Å². The molecule has 4 aliphatic carbocycles. The van der Waals surface area contributed by atoms with Crippen LogP contribution in [0.3, 0.4) is 0 Å². The number of carboxylic acids is 1. The van der Waals surface area contributed by atoms with Gasteiger partial charge in [0.05, 0.1) is 12.8 Å². The number of carbonyl (C=O) groups excluding carboxylic acids is 1. The Labute approximate surface area is 162 Å². The Morgan fingerprint density at radius 3 is 2.67 bits per heavy atom. The molecule has 1 N–H and O–H groups in total. The molecule has 0 aromatic heterocycles. The first-order chi connectivity index (χ1) is 12.8. The minimum Gasteiger partial charge on any atom is -0.481 e. The Hall–Kier alpha value is -1.32. The van der Waals surface area contributed by atoms with E-state index in [-0.39, 0.29) is 24.9 Å². The van der Waals surface area contributed by atoms with Crippen LogP contribution >= 0.6 is 0 Å². The number of esters is 1. The normalized spacial score (nSPS) is 45.5. The summed E-state index contributed by atoms with van der Waals surface area (Å²) in [7, 11) is 0.